The van der Waals surface area contributed by atoms with Crippen molar-refractivity contribution in [2.75, 3.05) is 6.61 Å². The van der Waals surface area contributed by atoms with Gasteiger partial charge in [0.2, 0.25) is 5.91 Å². The Morgan fingerprint density at radius 1 is 1.42 bits per heavy atom. The number of aliphatic hydroxyl groups excluding tert-OH is 1. The highest BCUT2D eigenvalue weighted by Crippen LogP contribution is 2.05. The van der Waals surface area contributed by atoms with Crippen LogP contribution >= 0.6 is 0 Å². The second-order valence-electron chi connectivity index (χ2n) is 4.87. The molecule has 0 fully saturated rings. The van der Waals surface area contributed by atoms with Crippen molar-refractivity contribution in [1.29, 1.82) is 0 Å². The number of hydrogen-bond acceptors (Lipinski definition) is 2. The van der Waals surface area contributed by atoms with Gasteiger partial charge in [-0.25, -0.2) is 0 Å². The summed E-state index contributed by atoms with van der Waals surface area (Å²) in [5, 5.41) is 11.5. The fourth-order valence-electron chi connectivity index (χ4n) is 1.61. The molecule has 3 heteroatoms. The van der Waals surface area contributed by atoms with Gasteiger partial charge in [-0.1, -0.05) is 37.8 Å². The van der Waals surface area contributed by atoms with E-state index in [4.69, 9.17) is 5.11 Å². The van der Waals surface area contributed by atoms with Gasteiger partial charge < -0.3 is 10.4 Å². The third-order valence-electron chi connectivity index (χ3n) is 2.68. The third kappa shape index (κ3) is 6.64. The van der Waals surface area contributed by atoms with E-state index < -0.39 is 0 Å². The van der Waals surface area contributed by atoms with E-state index in [1.54, 1.807) is 0 Å². The van der Waals surface area contributed by atoms with Crippen LogP contribution in [0.25, 0.3) is 0 Å². The number of rotatable bonds is 5. The molecule has 0 radical (unpaired) electrons. The van der Waals surface area contributed by atoms with Crippen LogP contribution in [0.1, 0.15) is 37.8 Å². The molecule has 1 aromatic carbocycles. The number of nitrogens with one attached hydrogen (secondary N) is 1. The lowest BCUT2D eigenvalue weighted by Crippen LogP contribution is -2.22. The van der Waals surface area contributed by atoms with Crippen molar-refractivity contribution in [3.63, 3.8) is 0 Å². The number of carbonyl (C=O) groups is 1. The minimum absolute atomic E-state index is 0.0838. The van der Waals surface area contributed by atoms with E-state index in [1.165, 1.54) is 0 Å². The molecular weight excluding hydrogens is 238 g/mol. The maximum Gasteiger partial charge on any atom is 0.220 e. The fraction of sp³-hybridized carbons (Fsp3) is 0.438. The van der Waals surface area contributed by atoms with E-state index in [0.717, 1.165) is 17.5 Å². The van der Waals surface area contributed by atoms with Gasteiger partial charge in [-0.3, -0.25) is 4.79 Å². The van der Waals surface area contributed by atoms with Crippen molar-refractivity contribution in [3.8, 4) is 11.8 Å². The Hall–Kier alpha value is -1.79. The highest BCUT2D eigenvalue weighted by Gasteiger charge is 2.03. The predicted molar refractivity (Wildman–Crippen MR) is 76.3 cm³/mol. The van der Waals surface area contributed by atoms with Crippen LogP contribution in [0.5, 0.6) is 0 Å². The molecule has 0 bridgehead atoms. The monoisotopic (exact) mass is 259 g/mol. The first-order valence-corrected chi connectivity index (χ1v) is 6.57. The number of benzene rings is 1. The van der Waals surface area contributed by atoms with E-state index >= 15 is 0 Å². The van der Waals surface area contributed by atoms with Crippen LogP contribution in [0, 0.1) is 17.8 Å². The quantitative estimate of drug-likeness (QED) is 0.795. The zero-order chi connectivity index (χ0) is 14.1. The van der Waals surface area contributed by atoms with Gasteiger partial charge in [0.1, 0.15) is 6.61 Å². The molecule has 0 unspecified atom stereocenters. The highest BCUT2D eigenvalue weighted by molar-refractivity contribution is 5.75. The second kappa shape index (κ2) is 8.34. The molecule has 0 spiro atoms. The Morgan fingerprint density at radius 2 is 2.21 bits per heavy atom. The first kappa shape index (κ1) is 15.3. The standard InChI is InChI=1S/C16H21NO2/c1-13(2)8-9-16(19)17-12-15-6-3-5-14(11-15)7-4-10-18/h3,5-6,11,13,18H,8-10,12H2,1-2H3,(H,17,19). The molecule has 0 atom stereocenters. The van der Waals surface area contributed by atoms with Gasteiger partial charge in [-0.2, -0.15) is 0 Å². The fourth-order valence-corrected chi connectivity index (χ4v) is 1.61. The Bertz CT molecular complexity index is 469. The van der Waals surface area contributed by atoms with Crippen molar-refractivity contribution >= 4 is 5.91 Å². The zero-order valence-corrected chi connectivity index (χ0v) is 11.6. The van der Waals surface area contributed by atoms with Crippen LogP contribution in [-0.2, 0) is 11.3 Å². The van der Waals surface area contributed by atoms with Crippen molar-refractivity contribution in [2.24, 2.45) is 5.92 Å². The molecule has 0 aliphatic carbocycles. The largest absolute Gasteiger partial charge is 0.384 e. The molecule has 1 amide bonds. The molecule has 0 heterocycles. The number of carbonyl (C=O) groups excluding carboxylic acids is 1. The first-order valence-electron chi connectivity index (χ1n) is 6.57. The first-order chi connectivity index (χ1) is 9.11. The highest BCUT2D eigenvalue weighted by atomic mass is 16.2. The minimum atomic E-state index is -0.143. The van der Waals surface area contributed by atoms with Crippen molar-refractivity contribution in [2.45, 2.75) is 33.2 Å². The van der Waals surface area contributed by atoms with E-state index in [9.17, 15) is 4.79 Å². The van der Waals surface area contributed by atoms with Crippen LogP contribution in [-0.4, -0.2) is 17.6 Å². The number of hydrogen-bond donors (Lipinski definition) is 2. The van der Waals surface area contributed by atoms with Crippen LogP contribution in [0.4, 0.5) is 0 Å². The second-order valence-corrected chi connectivity index (χ2v) is 4.87. The summed E-state index contributed by atoms with van der Waals surface area (Å²) >= 11 is 0. The third-order valence-corrected chi connectivity index (χ3v) is 2.68. The van der Waals surface area contributed by atoms with Gasteiger partial charge in [-0.15, -0.1) is 0 Å². The van der Waals surface area contributed by atoms with E-state index in [2.05, 4.69) is 31.0 Å². The van der Waals surface area contributed by atoms with Crippen LogP contribution in [0.3, 0.4) is 0 Å². The zero-order valence-electron chi connectivity index (χ0n) is 11.6. The van der Waals surface area contributed by atoms with Gasteiger partial charge in [0.15, 0.2) is 0 Å². The van der Waals surface area contributed by atoms with Crippen LogP contribution in [0.15, 0.2) is 24.3 Å². The molecule has 1 aromatic rings. The summed E-state index contributed by atoms with van der Waals surface area (Å²) in [6.45, 7) is 4.59. The van der Waals surface area contributed by atoms with Gasteiger partial charge in [0.25, 0.3) is 0 Å². The molecule has 3 nitrogen and oxygen atoms in total. The lowest BCUT2D eigenvalue weighted by Gasteiger charge is -2.07. The molecule has 0 saturated heterocycles. The summed E-state index contributed by atoms with van der Waals surface area (Å²) < 4.78 is 0. The summed E-state index contributed by atoms with van der Waals surface area (Å²) in [5.41, 5.74) is 1.87. The summed E-state index contributed by atoms with van der Waals surface area (Å²) in [5.74, 6) is 6.09. The summed E-state index contributed by atoms with van der Waals surface area (Å²) in [6, 6.07) is 7.65. The molecule has 19 heavy (non-hydrogen) atoms. The normalized spacial score (nSPS) is 9.89. The van der Waals surface area contributed by atoms with Crippen molar-refractivity contribution in [3.05, 3.63) is 35.4 Å². The van der Waals surface area contributed by atoms with E-state index in [-0.39, 0.29) is 12.5 Å². The smallest absolute Gasteiger partial charge is 0.220 e. The molecule has 0 aromatic heterocycles. The lowest BCUT2D eigenvalue weighted by molar-refractivity contribution is -0.121. The lowest BCUT2D eigenvalue weighted by atomic mass is 10.1. The summed E-state index contributed by atoms with van der Waals surface area (Å²) in [6.07, 6.45) is 1.48. The topological polar surface area (TPSA) is 49.3 Å². The maximum absolute atomic E-state index is 11.6. The van der Waals surface area contributed by atoms with Crippen LogP contribution in [0.2, 0.25) is 0 Å². The summed E-state index contributed by atoms with van der Waals surface area (Å²) in [7, 11) is 0. The summed E-state index contributed by atoms with van der Waals surface area (Å²) in [4.78, 5) is 11.6. The molecule has 2 N–H and O–H groups in total. The van der Waals surface area contributed by atoms with Gasteiger partial charge in [0, 0.05) is 18.5 Å². The van der Waals surface area contributed by atoms with E-state index in [0.29, 0.717) is 18.9 Å². The molecular formula is C16H21NO2. The predicted octanol–water partition coefficient (Wildman–Crippen LogP) is 2.08. The SMILES string of the molecule is CC(C)CCC(=O)NCc1cccc(C#CCO)c1. The number of aliphatic hydroxyl groups is 1. The van der Waals surface area contributed by atoms with Gasteiger partial charge in [-0.05, 0) is 30.0 Å². The molecule has 1 rings (SSSR count). The number of amides is 1. The van der Waals surface area contributed by atoms with Crippen LogP contribution < -0.4 is 5.32 Å². The molecule has 0 aliphatic heterocycles. The Morgan fingerprint density at radius 3 is 2.89 bits per heavy atom. The molecule has 0 saturated carbocycles. The average molecular weight is 259 g/mol. The Balaban J connectivity index is 2.47. The minimum Gasteiger partial charge on any atom is -0.384 e. The van der Waals surface area contributed by atoms with Crippen molar-refractivity contribution < 1.29 is 9.90 Å². The Kier molecular flexibility index (Phi) is 6.70. The maximum atomic E-state index is 11.6. The molecule has 0 aliphatic rings. The van der Waals surface area contributed by atoms with E-state index in [1.807, 2.05) is 24.3 Å². The van der Waals surface area contributed by atoms with Crippen molar-refractivity contribution in [1.82, 2.24) is 5.32 Å². The average Bonchev–Trinajstić information content (AvgIpc) is 2.41. The van der Waals surface area contributed by atoms with Gasteiger partial charge >= 0.3 is 0 Å². The Labute approximate surface area is 115 Å². The van der Waals surface area contributed by atoms with Gasteiger partial charge in [0.05, 0.1) is 0 Å². The molecule has 102 valence electrons.